The van der Waals surface area contributed by atoms with Gasteiger partial charge in [0.1, 0.15) is 5.52 Å². The van der Waals surface area contributed by atoms with E-state index in [4.69, 9.17) is 5.26 Å². The maximum Gasteiger partial charge on any atom is 0.295 e. The summed E-state index contributed by atoms with van der Waals surface area (Å²) in [7, 11) is 0. The number of benzene rings is 2. The van der Waals surface area contributed by atoms with E-state index in [2.05, 4.69) is 15.4 Å². The molecule has 0 bridgehead atoms. The fourth-order valence-electron chi connectivity index (χ4n) is 1.81. The number of hydrogen-bond acceptors (Lipinski definition) is 5. The van der Waals surface area contributed by atoms with Gasteiger partial charge in [0.15, 0.2) is 0 Å². The summed E-state index contributed by atoms with van der Waals surface area (Å²) in [4.78, 5) is 4.80. The molecule has 0 aliphatic carbocycles. The van der Waals surface area contributed by atoms with E-state index in [9.17, 15) is 5.21 Å². The number of nitriles is 1. The molecular formula is C14H9N5O. The predicted octanol–water partition coefficient (Wildman–Crippen LogP) is 1.88. The second kappa shape index (κ2) is 4.82. The van der Waals surface area contributed by atoms with Crippen molar-refractivity contribution < 1.29 is 4.85 Å². The quantitative estimate of drug-likeness (QED) is 0.563. The van der Waals surface area contributed by atoms with Crippen molar-refractivity contribution in [3.8, 4) is 6.07 Å². The van der Waals surface area contributed by atoms with Crippen molar-refractivity contribution in [2.45, 2.75) is 0 Å². The van der Waals surface area contributed by atoms with Crippen LogP contribution >= 0.6 is 0 Å². The third kappa shape index (κ3) is 2.20. The lowest BCUT2D eigenvalue weighted by Gasteiger charge is -2.05. The number of para-hydroxylation sites is 2. The average Bonchev–Trinajstić information content (AvgIpc) is 2.48. The SMILES string of the molecule is N#Cc1ccc(Nc2nc3ccccc3[n+]([O-])n2)cc1. The number of aromatic nitrogens is 3. The Hall–Kier alpha value is -3.20. The van der Waals surface area contributed by atoms with Crippen LogP contribution in [0.1, 0.15) is 5.56 Å². The number of nitrogens with zero attached hydrogens (tertiary/aromatic N) is 4. The highest BCUT2D eigenvalue weighted by atomic mass is 16.5. The van der Waals surface area contributed by atoms with E-state index in [0.29, 0.717) is 27.1 Å². The summed E-state index contributed by atoms with van der Waals surface area (Å²) < 4.78 is 0. The summed E-state index contributed by atoms with van der Waals surface area (Å²) in [6.45, 7) is 0. The number of nitrogens with one attached hydrogen (secondary N) is 1. The van der Waals surface area contributed by atoms with Crippen LogP contribution in [0.5, 0.6) is 0 Å². The van der Waals surface area contributed by atoms with E-state index in [1.807, 2.05) is 6.07 Å². The molecule has 20 heavy (non-hydrogen) atoms. The molecule has 6 nitrogen and oxygen atoms in total. The summed E-state index contributed by atoms with van der Waals surface area (Å²) in [6, 6.07) is 15.8. The predicted molar refractivity (Wildman–Crippen MR) is 72.9 cm³/mol. The van der Waals surface area contributed by atoms with Crippen molar-refractivity contribution in [2.24, 2.45) is 0 Å². The first-order valence-corrected chi connectivity index (χ1v) is 5.90. The Morgan fingerprint density at radius 2 is 1.85 bits per heavy atom. The third-order valence-corrected chi connectivity index (χ3v) is 2.77. The molecule has 3 rings (SSSR count). The molecule has 6 heteroatoms. The van der Waals surface area contributed by atoms with Crippen molar-refractivity contribution >= 4 is 22.7 Å². The summed E-state index contributed by atoms with van der Waals surface area (Å²) in [6.07, 6.45) is 0. The van der Waals surface area contributed by atoms with Crippen LogP contribution in [0, 0.1) is 16.5 Å². The highest BCUT2D eigenvalue weighted by Gasteiger charge is 2.09. The van der Waals surface area contributed by atoms with Gasteiger partial charge in [-0.1, -0.05) is 12.1 Å². The van der Waals surface area contributed by atoms with Crippen LogP contribution in [0.25, 0.3) is 11.0 Å². The molecule has 3 aromatic rings. The molecule has 0 spiro atoms. The average molecular weight is 263 g/mol. The van der Waals surface area contributed by atoms with Gasteiger partial charge in [0.05, 0.1) is 16.7 Å². The van der Waals surface area contributed by atoms with Gasteiger partial charge >= 0.3 is 0 Å². The van der Waals surface area contributed by atoms with Crippen LogP contribution in [0.3, 0.4) is 0 Å². The van der Waals surface area contributed by atoms with Crippen LogP contribution in [-0.4, -0.2) is 10.1 Å². The zero-order chi connectivity index (χ0) is 13.9. The van der Waals surface area contributed by atoms with Gasteiger partial charge in [-0.2, -0.15) is 5.26 Å². The van der Waals surface area contributed by atoms with Crippen LogP contribution in [0.2, 0.25) is 0 Å². The molecule has 0 saturated heterocycles. The number of anilines is 2. The minimum atomic E-state index is 0.211. The van der Waals surface area contributed by atoms with Gasteiger partial charge in [-0.15, -0.1) is 0 Å². The summed E-state index contributed by atoms with van der Waals surface area (Å²) in [5, 5.41) is 27.3. The monoisotopic (exact) mass is 263 g/mol. The highest BCUT2D eigenvalue weighted by molar-refractivity contribution is 5.71. The van der Waals surface area contributed by atoms with Gasteiger partial charge in [-0.25, -0.2) is 4.98 Å². The fraction of sp³-hybridized carbons (Fsp3) is 0. The molecule has 1 aromatic heterocycles. The molecule has 1 heterocycles. The summed E-state index contributed by atoms with van der Waals surface area (Å²) in [5.74, 6) is 0.211. The first-order valence-electron chi connectivity index (χ1n) is 5.90. The van der Waals surface area contributed by atoms with Crippen molar-refractivity contribution in [3.05, 3.63) is 59.3 Å². The van der Waals surface area contributed by atoms with Gasteiger partial charge in [0.2, 0.25) is 0 Å². The van der Waals surface area contributed by atoms with E-state index in [1.165, 1.54) is 0 Å². The lowest BCUT2D eigenvalue weighted by molar-refractivity contribution is -0.641. The van der Waals surface area contributed by atoms with E-state index in [1.54, 1.807) is 48.5 Å². The Labute approximate surface area is 114 Å². The molecule has 0 unspecified atom stereocenters. The minimum Gasteiger partial charge on any atom is -0.594 e. The normalized spacial score (nSPS) is 10.2. The van der Waals surface area contributed by atoms with Crippen LogP contribution in [0.15, 0.2) is 48.5 Å². The van der Waals surface area contributed by atoms with Crippen LogP contribution in [-0.2, 0) is 0 Å². The topological polar surface area (TPSA) is 88.5 Å². The summed E-state index contributed by atoms with van der Waals surface area (Å²) in [5.41, 5.74) is 2.25. The second-order valence-corrected chi connectivity index (χ2v) is 4.11. The van der Waals surface area contributed by atoms with Crippen molar-refractivity contribution in [1.82, 2.24) is 10.1 Å². The van der Waals surface area contributed by atoms with E-state index >= 15 is 0 Å². The smallest absolute Gasteiger partial charge is 0.295 e. The first-order chi connectivity index (χ1) is 9.76. The molecular weight excluding hydrogens is 254 g/mol. The van der Waals surface area contributed by atoms with Crippen molar-refractivity contribution in [1.29, 1.82) is 5.26 Å². The van der Waals surface area contributed by atoms with Gasteiger partial charge in [-0.3, -0.25) is 0 Å². The van der Waals surface area contributed by atoms with Crippen LogP contribution < -0.4 is 10.2 Å². The largest absolute Gasteiger partial charge is 0.594 e. The van der Waals surface area contributed by atoms with Crippen molar-refractivity contribution in [3.63, 3.8) is 0 Å². The standard InChI is InChI=1S/C14H9N5O/c15-9-10-5-7-11(8-6-10)16-14-17-12-3-1-2-4-13(12)19(20)18-14/h1-8H,(H,16,17,18). The molecule has 0 fully saturated rings. The van der Waals surface area contributed by atoms with Gasteiger partial charge in [0.25, 0.3) is 11.5 Å². The second-order valence-electron chi connectivity index (χ2n) is 4.11. The Kier molecular flexibility index (Phi) is 2.86. The fourth-order valence-corrected chi connectivity index (χ4v) is 1.81. The summed E-state index contributed by atoms with van der Waals surface area (Å²) >= 11 is 0. The Morgan fingerprint density at radius 1 is 1.10 bits per heavy atom. The molecule has 2 aromatic carbocycles. The van der Waals surface area contributed by atoms with Crippen LogP contribution in [0.4, 0.5) is 11.6 Å². The molecule has 96 valence electrons. The molecule has 0 aliphatic heterocycles. The van der Waals surface area contributed by atoms with Gasteiger partial charge in [0, 0.05) is 11.8 Å². The lowest BCUT2D eigenvalue weighted by atomic mass is 10.2. The van der Waals surface area contributed by atoms with Gasteiger partial charge < -0.3 is 10.5 Å². The zero-order valence-corrected chi connectivity index (χ0v) is 10.3. The Balaban J connectivity index is 1.96. The molecule has 0 aliphatic rings. The lowest BCUT2D eigenvalue weighted by Crippen LogP contribution is -2.33. The maximum absolute atomic E-state index is 11.8. The molecule has 0 saturated carbocycles. The number of fused-ring (bicyclic) bond motifs is 1. The first kappa shape index (κ1) is 11.9. The Bertz CT molecular complexity index is 808. The maximum atomic E-state index is 11.8. The Morgan fingerprint density at radius 3 is 2.60 bits per heavy atom. The molecule has 1 N–H and O–H groups in total. The minimum absolute atomic E-state index is 0.211. The van der Waals surface area contributed by atoms with E-state index in [-0.39, 0.29) is 5.95 Å². The number of rotatable bonds is 2. The highest BCUT2D eigenvalue weighted by Crippen LogP contribution is 2.14. The zero-order valence-electron chi connectivity index (χ0n) is 10.3. The molecule has 0 radical (unpaired) electrons. The van der Waals surface area contributed by atoms with E-state index < -0.39 is 0 Å². The molecule has 0 amide bonds. The molecule has 0 atom stereocenters. The van der Waals surface area contributed by atoms with Crippen molar-refractivity contribution in [2.75, 3.05) is 5.32 Å². The third-order valence-electron chi connectivity index (χ3n) is 2.77. The number of hydrogen-bond donors (Lipinski definition) is 1. The van der Waals surface area contributed by atoms with E-state index in [0.717, 1.165) is 0 Å². The van der Waals surface area contributed by atoms with Gasteiger partial charge in [-0.05, 0) is 35.2 Å².